The molecule has 0 spiro atoms. The maximum absolute atomic E-state index is 11.2. The van der Waals surface area contributed by atoms with E-state index in [2.05, 4.69) is 5.43 Å². The minimum Gasteiger partial charge on any atom is -0.463 e. The molecule has 0 unspecified atom stereocenters. The molecular weight excluding hydrogens is 196 g/mol. The van der Waals surface area contributed by atoms with E-state index in [0.29, 0.717) is 30.3 Å². The molecule has 1 aromatic rings. The Labute approximate surface area is 88.6 Å². The average Bonchev–Trinajstić information content (AvgIpc) is 2.59. The van der Waals surface area contributed by atoms with Crippen molar-refractivity contribution in [1.82, 2.24) is 5.43 Å². The molecule has 0 fully saturated rings. The molecule has 5 nitrogen and oxygen atoms in total. The van der Waals surface area contributed by atoms with Crippen molar-refractivity contribution < 1.29 is 13.9 Å². The molecule has 0 atom stereocenters. The quantitative estimate of drug-likeness (QED) is 0.332. The summed E-state index contributed by atoms with van der Waals surface area (Å²) >= 11 is 0. The Morgan fingerprint density at radius 2 is 2.40 bits per heavy atom. The second-order valence-electron chi connectivity index (χ2n) is 3.21. The number of carbonyl (C=O) groups excluding carboxylic acids is 1. The van der Waals surface area contributed by atoms with Crippen LogP contribution in [0, 0.1) is 6.92 Å². The van der Waals surface area contributed by atoms with Crippen molar-refractivity contribution in [3.8, 4) is 0 Å². The number of rotatable bonds is 5. The number of amides is 1. The van der Waals surface area contributed by atoms with Crippen LogP contribution in [0.25, 0.3) is 0 Å². The van der Waals surface area contributed by atoms with E-state index in [9.17, 15) is 4.79 Å². The van der Waals surface area contributed by atoms with Gasteiger partial charge in [-0.05, 0) is 19.4 Å². The van der Waals surface area contributed by atoms with Gasteiger partial charge < -0.3 is 9.15 Å². The van der Waals surface area contributed by atoms with E-state index in [1.807, 2.05) is 6.92 Å². The largest absolute Gasteiger partial charge is 0.463 e. The fourth-order valence-corrected chi connectivity index (χ4v) is 1.24. The molecular formula is C10H16N2O3. The molecule has 0 saturated carbocycles. The molecule has 1 rings (SSSR count). The van der Waals surface area contributed by atoms with Crippen LogP contribution < -0.4 is 11.3 Å². The van der Waals surface area contributed by atoms with Gasteiger partial charge in [-0.1, -0.05) is 6.92 Å². The number of furan rings is 1. The van der Waals surface area contributed by atoms with E-state index in [1.54, 1.807) is 13.0 Å². The molecule has 0 radical (unpaired) electrons. The first-order valence-electron chi connectivity index (χ1n) is 4.87. The van der Waals surface area contributed by atoms with Gasteiger partial charge in [0.2, 0.25) is 0 Å². The number of hydrogen-bond acceptors (Lipinski definition) is 4. The Hall–Kier alpha value is -1.33. The molecule has 0 aliphatic rings. The van der Waals surface area contributed by atoms with Gasteiger partial charge in [0.15, 0.2) is 0 Å². The Balaban J connectivity index is 2.64. The van der Waals surface area contributed by atoms with Gasteiger partial charge in [-0.15, -0.1) is 0 Å². The highest BCUT2D eigenvalue weighted by molar-refractivity contribution is 5.94. The first kappa shape index (κ1) is 11.7. The van der Waals surface area contributed by atoms with Crippen molar-refractivity contribution in [2.45, 2.75) is 26.9 Å². The normalized spacial score (nSPS) is 10.3. The highest BCUT2D eigenvalue weighted by atomic mass is 16.5. The molecule has 3 N–H and O–H groups in total. The molecule has 0 aliphatic heterocycles. The number of aryl methyl sites for hydroxylation is 1. The van der Waals surface area contributed by atoms with Crippen LogP contribution in [0.15, 0.2) is 10.5 Å². The van der Waals surface area contributed by atoms with Crippen LogP contribution >= 0.6 is 0 Å². The minimum atomic E-state index is -0.349. The Morgan fingerprint density at radius 1 is 1.67 bits per heavy atom. The monoisotopic (exact) mass is 212 g/mol. The molecule has 5 heteroatoms. The predicted molar refractivity (Wildman–Crippen MR) is 55.0 cm³/mol. The van der Waals surface area contributed by atoms with Crippen LogP contribution in [-0.2, 0) is 11.3 Å². The topological polar surface area (TPSA) is 77.5 Å². The molecule has 84 valence electrons. The molecule has 0 bridgehead atoms. The SMILES string of the molecule is CCCOCc1cc(C(=O)NN)c(C)o1. The third-order valence-corrected chi connectivity index (χ3v) is 1.94. The zero-order valence-electron chi connectivity index (χ0n) is 9.00. The van der Waals surface area contributed by atoms with E-state index in [1.165, 1.54) is 0 Å². The van der Waals surface area contributed by atoms with Crippen LogP contribution in [0.4, 0.5) is 0 Å². The molecule has 0 aliphatic carbocycles. The summed E-state index contributed by atoms with van der Waals surface area (Å²) in [4.78, 5) is 11.2. The summed E-state index contributed by atoms with van der Waals surface area (Å²) in [5.74, 6) is 5.87. The van der Waals surface area contributed by atoms with Crippen molar-refractivity contribution in [2.24, 2.45) is 5.84 Å². The summed E-state index contributed by atoms with van der Waals surface area (Å²) in [6, 6.07) is 1.65. The maximum Gasteiger partial charge on any atom is 0.268 e. The van der Waals surface area contributed by atoms with Crippen LogP contribution in [0.5, 0.6) is 0 Å². The Kier molecular flexibility index (Phi) is 4.33. The summed E-state index contributed by atoms with van der Waals surface area (Å²) in [7, 11) is 0. The van der Waals surface area contributed by atoms with Gasteiger partial charge in [-0.3, -0.25) is 10.2 Å². The van der Waals surface area contributed by atoms with Gasteiger partial charge in [0, 0.05) is 6.61 Å². The van der Waals surface area contributed by atoms with Crippen molar-refractivity contribution in [1.29, 1.82) is 0 Å². The number of nitrogen functional groups attached to an aromatic ring is 1. The standard InChI is InChI=1S/C10H16N2O3/c1-3-4-14-6-8-5-9(7(2)15-8)10(13)12-11/h5H,3-4,6,11H2,1-2H3,(H,12,13). The average molecular weight is 212 g/mol. The van der Waals surface area contributed by atoms with Gasteiger partial charge >= 0.3 is 0 Å². The van der Waals surface area contributed by atoms with Crippen LogP contribution in [0.2, 0.25) is 0 Å². The number of hydrazine groups is 1. The molecule has 15 heavy (non-hydrogen) atoms. The molecule has 1 heterocycles. The molecule has 1 aromatic heterocycles. The summed E-state index contributed by atoms with van der Waals surface area (Å²) in [6.07, 6.45) is 0.954. The van der Waals surface area contributed by atoms with Gasteiger partial charge in [0.1, 0.15) is 18.1 Å². The third-order valence-electron chi connectivity index (χ3n) is 1.94. The lowest BCUT2D eigenvalue weighted by molar-refractivity contribution is 0.0952. The zero-order chi connectivity index (χ0) is 11.3. The van der Waals surface area contributed by atoms with Crippen LogP contribution in [0.3, 0.4) is 0 Å². The first-order valence-corrected chi connectivity index (χ1v) is 4.87. The van der Waals surface area contributed by atoms with E-state index >= 15 is 0 Å². The van der Waals surface area contributed by atoms with Gasteiger partial charge in [-0.2, -0.15) is 0 Å². The van der Waals surface area contributed by atoms with E-state index in [-0.39, 0.29) is 5.91 Å². The zero-order valence-corrected chi connectivity index (χ0v) is 9.00. The van der Waals surface area contributed by atoms with Gasteiger partial charge in [-0.25, -0.2) is 5.84 Å². The smallest absolute Gasteiger partial charge is 0.268 e. The Morgan fingerprint density at radius 3 is 3.00 bits per heavy atom. The maximum atomic E-state index is 11.2. The highest BCUT2D eigenvalue weighted by Gasteiger charge is 2.13. The predicted octanol–water partition coefficient (Wildman–Crippen LogP) is 1.12. The van der Waals surface area contributed by atoms with Crippen LogP contribution in [-0.4, -0.2) is 12.5 Å². The number of nitrogens with one attached hydrogen (secondary N) is 1. The molecule has 0 aromatic carbocycles. The lowest BCUT2D eigenvalue weighted by atomic mass is 10.2. The Bertz CT molecular complexity index is 333. The lowest BCUT2D eigenvalue weighted by Gasteiger charge is -1.97. The lowest BCUT2D eigenvalue weighted by Crippen LogP contribution is -2.30. The summed E-state index contributed by atoms with van der Waals surface area (Å²) in [5, 5.41) is 0. The fraction of sp³-hybridized carbons (Fsp3) is 0.500. The van der Waals surface area contributed by atoms with Gasteiger partial charge in [0.05, 0.1) is 5.56 Å². The van der Waals surface area contributed by atoms with Crippen molar-refractivity contribution in [2.75, 3.05) is 6.61 Å². The molecule has 0 saturated heterocycles. The summed E-state index contributed by atoms with van der Waals surface area (Å²) in [6.45, 7) is 4.80. The summed E-state index contributed by atoms with van der Waals surface area (Å²) in [5.41, 5.74) is 2.51. The van der Waals surface area contributed by atoms with E-state index in [0.717, 1.165) is 6.42 Å². The molecule has 1 amide bonds. The number of carbonyl (C=O) groups is 1. The first-order chi connectivity index (χ1) is 7.19. The second kappa shape index (κ2) is 5.53. The summed E-state index contributed by atoms with van der Waals surface area (Å²) < 4.78 is 10.6. The number of ether oxygens (including phenoxy) is 1. The van der Waals surface area contributed by atoms with Crippen molar-refractivity contribution >= 4 is 5.91 Å². The van der Waals surface area contributed by atoms with Gasteiger partial charge in [0.25, 0.3) is 5.91 Å². The van der Waals surface area contributed by atoms with E-state index < -0.39 is 0 Å². The number of nitrogens with two attached hydrogens (primary N) is 1. The van der Waals surface area contributed by atoms with Crippen LogP contribution in [0.1, 0.15) is 35.2 Å². The third kappa shape index (κ3) is 3.07. The van der Waals surface area contributed by atoms with Crippen molar-refractivity contribution in [3.63, 3.8) is 0 Å². The fourth-order valence-electron chi connectivity index (χ4n) is 1.24. The second-order valence-corrected chi connectivity index (χ2v) is 3.21. The minimum absolute atomic E-state index is 0.349. The van der Waals surface area contributed by atoms with E-state index in [4.69, 9.17) is 15.0 Å². The van der Waals surface area contributed by atoms with Crippen molar-refractivity contribution in [3.05, 3.63) is 23.2 Å². The highest BCUT2D eigenvalue weighted by Crippen LogP contribution is 2.15. The number of hydrogen-bond donors (Lipinski definition) is 2.